The van der Waals surface area contributed by atoms with Gasteiger partial charge in [-0.05, 0) is 46.5 Å². The minimum absolute atomic E-state index is 0.160. The molecular weight excluding hydrogens is 212 g/mol. The molecule has 88 valence electrons. The second-order valence-electron chi connectivity index (χ2n) is 5.10. The van der Waals surface area contributed by atoms with Gasteiger partial charge in [-0.2, -0.15) is 0 Å². The highest BCUT2D eigenvalue weighted by atomic mass is 35.5. The smallest absolute Gasteiger partial charge is 0.153 e. The summed E-state index contributed by atoms with van der Waals surface area (Å²) in [6, 6.07) is 0. The molecule has 1 fully saturated rings. The van der Waals surface area contributed by atoms with Crippen molar-refractivity contribution in [3.63, 3.8) is 0 Å². The van der Waals surface area contributed by atoms with E-state index >= 15 is 0 Å². The lowest BCUT2D eigenvalue weighted by Gasteiger charge is -2.39. The van der Waals surface area contributed by atoms with E-state index in [1.54, 1.807) is 0 Å². The Balaban J connectivity index is 2.65. The van der Waals surface area contributed by atoms with Gasteiger partial charge >= 0.3 is 0 Å². The molecule has 0 N–H and O–H groups in total. The number of alkyl halides is 1. The lowest BCUT2D eigenvalue weighted by atomic mass is 9.74. The Morgan fingerprint density at radius 3 is 2.67 bits per heavy atom. The quantitative estimate of drug-likeness (QED) is 0.699. The molecule has 0 saturated heterocycles. The maximum Gasteiger partial charge on any atom is 0.153 e. The summed E-state index contributed by atoms with van der Waals surface area (Å²) in [5, 5.41) is 0. The van der Waals surface area contributed by atoms with Gasteiger partial charge in [0.1, 0.15) is 0 Å². The summed E-state index contributed by atoms with van der Waals surface area (Å²) in [4.78, 5) is 11.1. The van der Waals surface area contributed by atoms with Crippen LogP contribution in [0.25, 0.3) is 0 Å². The van der Waals surface area contributed by atoms with Gasteiger partial charge in [0.2, 0.25) is 0 Å². The molecule has 0 aromatic carbocycles. The minimum Gasteiger partial charge on any atom is -0.376 e. The average molecular weight is 233 g/mol. The summed E-state index contributed by atoms with van der Waals surface area (Å²) in [5.41, 5.74) is -0.211. The van der Waals surface area contributed by atoms with Gasteiger partial charge in [-0.15, -0.1) is 11.6 Å². The number of Topliss-reactive ketones (excluding diaryl/α,β-unsaturated/α-hetero) is 1. The standard InChI is InChI=1S/C12H21ClO2/c1-5-15-11(2,3)9-6-7-12(4,13)10(14)8-9/h9H,5-8H2,1-4H3/t9-,12+/m1/s1. The summed E-state index contributed by atoms with van der Waals surface area (Å²) < 4.78 is 5.69. The lowest BCUT2D eigenvalue weighted by Crippen LogP contribution is -2.44. The maximum atomic E-state index is 11.8. The van der Waals surface area contributed by atoms with Gasteiger partial charge in [-0.25, -0.2) is 0 Å². The van der Waals surface area contributed by atoms with Crippen molar-refractivity contribution in [3.05, 3.63) is 0 Å². The Bertz CT molecular complexity index is 246. The first-order chi connectivity index (χ1) is 6.79. The normalized spacial score (nSPS) is 33.1. The molecule has 0 radical (unpaired) electrons. The van der Waals surface area contributed by atoms with E-state index in [2.05, 4.69) is 13.8 Å². The molecule has 2 nitrogen and oxygen atoms in total. The van der Waals surface area contributed by atoms with Crippen LogP contribution in [-0.4, -0.2) is 22.9 Å². The zero-order valence-electron chi connectivity index (χ0n) is 10.1. The Hall–Kier alpha value is -0.0800. The molecule has 0 unspecified atom stereocenters. The second kappa shape index (κ2) is 4.42. The molecule has 2 atom stereocenters. The van der Waals surface area contributed by atoms with Gasteiger partial charge in [-0.1, -0.05) is 0 Å². The van der Waals surface area contributed by atoms with Gasteiger partial charge in [0.25, 0.3) is 0 Å². The highest BCUT2D eigenvalue weighted by Gasteiger charge is 2.42. The summed E-state index contributed by atoms with van der Waals surface area (Å²) in [7, 11) is 0. The SMILES string of the molecule is CCOC(C)(C)[C@@H]1CC[C@](C)(Cl)C(=O)C1. The van der Waals surface area contributed by atoms with Crippen molar-refractivity contribution in [1.29, 1.82) is 0 Å². The van der Waals surface area contributed by atoms with Crippen LogP contribution in [0.3, 0.4) is 0 Å². The van der Waals surface area contributed by atoms with Gasteiger partial charge in [0, 0.05) is 13.0 Å². The van der Waals surface area contributed by atoms with Crippen LogP contribution in [0.4, 0.5) is 0 Å². The Morgan fingerprint density at radius 2 is 2.20 bits per heavy atom. The maximum absolute atomic E-state index is 11.8. The molecule has 0 aromatic rings. The van der Waals surface area contributed by atoms with Gasteiger partial charge in [0.05, 0.1) is 10.5 Å². The monoisotopic (exact) mass is 232 g/mol. The number of hydrogen-bond acceptors (Lipinski definition) is 2. The first kappa shape index (κ1) is 13.0. The third kappa shape index (κ3) is 2.94. The largest absolute Gasteiger partial charge is 0.376 e. The fourth-order valence-electron chi connectivity index (χ4n) is 2.21. The molecule has 15 heavy (non-hydrogen) atoms. The number of hydrogen-bond donors (Lipinski definition) is 0. The molecule has 0 aromatic heterocycles. The fraction of sp³-hybridized carbons (Fsp3) is 0.917. The van der Waals surface area contributed by atoms with E-state index in [1.807, 2.05) is 13.8 Å². The number of ketones is 1. The Morgan fingerprint density at radius 1 is 1.60 bits per heavy atom. The van der Waals surface area contributed by atoms with Crippen molar-refractivity contribution < 1.29 is 9.53 Å². The second-order valence-corrected chi connectivity index (χ2v) is 5.93. The molecule has 0 bridgehead atoms. The van der Waals surface area contributed by atoms with Crippen molar-refractivity contribution in [2.45, 2.75) is 57.4 Å². The molecule has 0 aliphatic heterocycles. The summed E-state index contributed by atoms with van der Waals surface area (Å²) in [5.74, 6) is 0.463. The third-order valence-electron chi connectivity index (χ3n) is 3.47. The zero-order chi connectivity index (χ0) is 11.7. The third-order valence-corrected chi connectivity index (χ3v) is 3.87. The van der Waals surface area contributed by atoms with Crippen molar-refractivity contribution in [2.24, 2.45) is 5.92 Å². The van der Waals surface area contributed by atoms with Crippen LogP contribution in [0.2, 0.25) is 0 Å². The van der Waals surface area contributed by atoms with Crippen molar-refractivity contribution >= 4 is 17.4 Å². The first-order valence-electron chi connectivity index (χ1n) is 5.66. The molecule has 3 heteroatoms. The lowest BCUT2D eigenvalue weighted by molar-refractivity contribution is -0.130. The molecular formula is C12H21ClO2. The van der Waals surface area contributed by atoms with E-state index < -0.39 is 4.87 Å². The Kier molecular flexibility index (Phi) is 3.83. The van der Waals surface area contributed by atoms with Crippen LogP contribution in [0.5, 0.6) is 0 Å². The highest BCUT2D eigenvalue weighted by Crippen LogP contribution is 2.39. The molecule has 1 aliphatic carbocycles. The van der Waals surface area contributed by atoms with Gasteiger partial charge in [-0.3, -0.25) is 4.79 Å². The average Bonchev–Trinajstić information content (AvgIpc) is 2.09. The van der Waals surface area contributed by atoms with Crippen LogP contribution >= 0.6 is 11.6 Å². The Labute approximate surface area is 97.3 Å². The molecule has 1 rings (SSSR count). The van der Waals surface area contributed by atoms with Crippen LogP contribution in [0.15, 0.2) is 0 Å². The molecule has 0 heterocycles. The number of halogens is 1. The predicted molar refractivity (Wildman–Crippen MR) is 62.3 cm³/mol. The molecule has 1 aliphatic rings. The van der Waals surface area contributed by atoms with Gasteiger partial charge in [0.15, 0.2) is 5.78 Å². The van der Waals surface area contributed by atoms with Crippen LogP contribution in [0, 0.1) is 5.92 Å². The number of carbonyl (C=O) groups excluding carboxylic acids is 1. The van der Waals surface area contributed by atoms with E-state index in [0.29, 0.717) is 18.9 Å². The molecule has 0 spiro atoms. The van der Waals surface area contributed by atoms with E-state index in [9.17, 15) is 4.79 Å². The highest BCUT2D eigenvalue weighted by molar-refractivity contribution is 6.35. The first-order valence-corrected chi connectivity index (χ1v) is 6.03. The van der Waals surface area contributed by atoms with Crippen LogP contribution in [-0.2, 0) is 9.53 Å². The van der Waals surface area contributed by atoms with E-state index in [4.69, 9.17) is 16.3 Å². The van der Waals surface area contributed by atoms with E-state index in [0.717, 1.165) is 12.8 Å². The number of rotatable bonds is 3. The molecule has 0 amide bonds. The van der Waals surface area contributed by atoms with Crippen molar-refractivity contribution in [1.82, 2.24) is 0 Å². The zero-order valence-corrected chi connectivity index (χ0v) is 10.9. The van der Waals surface area contributed by atoms with E-state index in [1.165, 1.54) is 0 Å². The van der Waals surface area contributed by atoms with Crippen LogP contribution < -0.4 is 0 Å². The predicted octanol–water partition coefficient (Wildman–Crippen LogP) is 3.17. The fourth-order valence-corrected chi connectivity index (χ4v) is 2.39. The summed E-state index contributed by atoms with van der Waals surface area (Å²) >= 11 is 6.12. The van der Waals surface area contributed by atoms with Crippen molar-refractivity contribution in [3.8, 4) is 0 Å². The molecule has 1 saturated carbocycles. The number of carbonyl (C=O) groups is 1. The number of ether oxygens (including phenoxy) is 1. The summed E-state index contributed by atoms with van der Waals surface area (Å²) in [6.07, 6.45) is 2.28. The van der Waals surface area contributed by atoms with E-state index in [-0.39, 0.29) is 11.4 Å². The van der Waals surface area contributed by atoms with Gasteiger partial charge < -0.3 is 4.74 Å². The topological polar surface area (TPSA) is 26.3 Å². The summed E-state index contributed by atoms with van der Waals surface area (Å²) in [6.45, 7) is 8.62. The van der Waals surface area contributed by atoms with Crippen molar-refractivity contribution in [2.75, 3.05) is 6.61 Å². The minimum atomic E-state index is -0.640. The van der Waals surface area contributed by atoms with Crippen LogP contribution in [0.1, 0.15) is 47.0 Å².